The molecule has 2 aromatic rings. The number of aromatic nitrogens is 2. The van der Waals surface area contributed by atoms with Gasteiger partial charge < -0.3 is 10.1 Å². The van der Waals surface area contributed by atoms with Crippen molar-refractivity contribution in [2.45, 2.75) is 26.9 Å². The highest BCUT2D eigenvalue weighted by Crippen LogP contribution is 2.22. The zero-order valence-corrected chi connectivity index (χ0v) is 13.6. The largest absolute Gasteiger partial charge is 0.497 e. The summed E-state index contributed by atoms with van der Waals surface area (Å²) in [5, 5.41) is 7.56. The highest BCUT2D eigenvalue weighted by atomic mass is 16.5. The van der Waals surface area contributed by atoms with Gasteiger partial charge in [0.1, 0.15) is 5.75 Å². The van der Waals surface area contributed by atoms with Crippen LogP contribution in [0, 0.1) is 5.92 Å². The summed E-state index contributed by atoms with van der Waals surface area (Å²) < 4.78 is 6.83. The molecule has 0 saturated heterocycles. The van der Waals surface area contributed by atoms with E-state index in [0.717, 1.165) is 22.6 Å². The highest BCUT2D eigenvalue weighted by molar-refractivity contribution is 5.61. The quantitative estimate of drug-likeness (QED) is 0.889. The molecule has 5 nitrogen and oxygen atoms in total. The molecule has 5 heteroatoms. The molecule has 0 aliphatic heterocycles. The van der Waals surface area contributed by atoms with E-state index in [-0.39, 0.29) is 5.56 Å². The van der Waals surface area contributed by atoms with Gasteiger partial charge in [0.15, 0.2) is 0 Å². The number of nitrogens with zero attached hydrogens (tertiary/aromatic N) is 2. The third kappa shape index (κ3) is 3.74. The first kappa shape index (κ1) is 16.2. The van der Waals surface area contributed by atoms with Gasteiger partial charge in [0.05, 0.1) is 12.8 Å². The Morgan fingerprint density at radius 1 is 1.32 bits per heavy atom. The lowest BCUT2D eigenvalue weighted by Crippen LogP contribution is -2.30. The Balaban J connectivity index is 2.54. The summed E-state index contributed by atoms with van der Waals surface area (Å²) in [7, 11) is 3.47. The average Bonchev–Trinajstić information content (AvgIpc) is 2.51. The first-order chi connectivity index (χ1) is 10.5. The maximum atomic E-state index is 12.4. The van der Waals surface area contributed by atoms with Gasteiger partial charge in [-0.25, -0.2) is 4.68 Å². The van der Waals surface area contributed by atoms with Gasteiger partial charge in [0, 0.05) is 24.2 Å². The van der Waals surface area contributed by atoms with Crippen molar-refractivity contribution in [1.29, 1.82) is 0 Å². The lowest BCUT2D eigenvalue weighted by atomic mass is 10.1. The molecule has 0 fully saturated rings. The van der Waals surface area contributed by atoms with Gasteiger partial charge in [0.2, 0.25) is 0 Å². The molecule has 0 bridgehead atoms. The van der Waals surface area contributed by atoms with Crippen LogP contribution >= 0.6 is 0 Å². The van der Waals surface area contributed by atoms with Gasteiger partial charge in [-0.3, -0.25) is 4.79 Å². The van der Waals surface area contributed by atoms with Crippen LogP contribution < -0.4 is 15.6 Å². The van der Waals surface area contributed by atoms with E-state index >= 15 is 0 Å². The zero-order chi connectivity index (χ0) is 16.1. The van der Waals surface area contributed by atoms with Crippen LogP contribution in [0.5, 0.6) is 5.75 Å². The molecular formula is C17H23N3O2. The van der Waals surface area contributed by atoms with Crippen molar-refractivity contribution >= 4 is 0 Å². The molecule has 0 amide bonds. The summed E-state index contributed by atoms with van der Waals surface area (Å²) in [4.78, 5) is 12.4. The topological polar surface area (TPSA) is 56.1 Å². The fourth-order valence-corrected chi connectivity index (χ4v) is 2.31. The minimum atomic E-state index is -0.0327. The summed E-state index contributed by atoms with van der Waals surface area (Å²) in [5.41, 5.74) is 2.41. The second-order valence-corrected chi connectivity index (χ2v) is 5.70. The van der Waals surface area contributed by atoms with E-state index < -0.39 is 0 Å². The van der Waals surface area contributed by atoms with Crippen LogP contribution in [0.1, 0.15) is 19.4 Å². The Morgan fingerprint density at radius 3 is 2.73 bits per heavy atom. The highest BCUT2D eigenvalue weighted by Gasteiger charge is 2.11. The Morgan fingerprint density at radius 2 is 2.09 bits per heavy atom. The van der Waals surface area contributed by atoms with Gasteiger partial charge in [-0.2, -0.15) is 5.10 Å². The SMILES string of the molecule is CNCc1cc(-c2cccc(OC)c2)nn(CC(C)C)c1=O. The Hall–Kier alpha value is -2.14. The molecule has 0 atom stereocenters. The van der Waals surface area contributed by atoms with E-state index in [9.17, 15) is 4.79 Å². The predicted molar refractivity (Wildman–Crippen MR) is 88.1 cm³/mol. The van der Waals surface area contributed by atoms with Crippen molar-refractivity contribution in [2.24, 2.45) is 5.92 Å². The van der Waals surface area contributed by atoms with Gasteiger partial charge in [-0.1, -0.05) is 26.0 Å². The average molecular weight is 301 g/mol. The molecule has 22 heavy (non-hydrogen) atoms. The number of nitrogens with one attached hydrogen (secondary N) is 1. The Kier molecular flexibility index (Phi) is 5.33. The van der Waals surface area contributed by atoms with E-state index in [1.54, 1.807) is 11.8 Å². The molecule has 1 aromatic heterocycles. The van der Waals surface area contributed by atoms with E-state index in [2.05, 4.69) is 24.3 Å². The fraction of sp³-hybridized carbons (Fsp3) is 0.412. The Bertz CT molecular complexity index is 693. The molecule has 0 radical (unpaired) electrons. The van der Waals surface area contributed by atoms with Crippen molar-refractivity contribution in [3.63, 3.8) is 0 Å². The smallest absolute Gasteiger partial charge is 0.271 e. The number of benzene rings is 1. The maximum absolute atomic E-state index is 12.4. The minimum absolute atomic E-state index is 0.0327. The van der Waals surface area contributed by atoms with Crippen molar-refractivity contribution in [3.8, 4) is 17.0 Å². The van der Waals surface area contributed by atoms with Crippen LogP contribution in [0.2, 0.25) is 0 Å². The number of ether oxygens (including phenoxy) is 1. The second kappa shape index (κ2) is 7.22. The summed E-state index contributed by atoms with van der Waals surface area (Å²) >= 11 is 0. The monoisotopic (exact) mass is 301 g/mol. The van der Waals surface area contributed by atoms with Crippen molar-refractivity contribution in [3.05, 3.63) is 46.2 Å². The number of hydrogen-bond donors (Lipinski definition) is 1. The van der Waals surface area contributed by atoms with Gasteiger partial charge in [0.25, 0.3) is 5.56 Å². The van der Waals surface area contributed by atoms with E-state index in [1.807, 2.05) is 37.4 Å². The molecule has 1 heterocycles. The molecule has 0 aliphatic carbocycles. The maximum Gasteiger partial charge on any atom is 0.271 e. The number of methoxy groups -OCH3 is 1. The lowest BCUT2D eigenvalue weighted by molar-refractivity contribution is 0.415. The van der Waals surface area contributed by atoms with Crippen LogP contribution in [0.4, 0.5) is 0 Å². The molecule has 0 unspecified atom stereocenters. The van der Waals surface area contributed by atoms with Crippen molar-refractivity contribution in [2.75, 3.05) is 14.2 Å². The summed E-state index contributed by atoms with van der Waals surface area (Å²) in [6, 6.07) is 9.56. The molecule has 0 spiro atoms. The van der Waals surface area contributed by atoms with E-state index in [0.29, 0.717) is 19.0 Å². The third-order valence-corrected chi connectivity index (χ3v) is 3.32. The molecule has 118 valence electrons. The lowest BCUT2D eigenvalue weighted by Gasteiger charge is -2.13. The molecule has 1 N–H and O–H groups in total. The van der Waals surface area contributed by atoms with Gasteiger partial charge in [-0.15, -0.1) is 0 Å². The van der Waals surface area contributed by atoms with Crippen LogP contribution in [-0.4, -0.2) is 23.9 Å². The fourth-order valence-electron chi connectivity index (χ4n) is 2.31. The van der Waals surface area contributed by atoms with Crippen molar-refractivity contribution in [1.82, 2.24) is 15.1 Å². The zero-order valence-electron chi connectivity index (χ0n) is 13.6. The minimum Gasteiger partial charge on any atom is -0.497 e. The molecule has 1 aromatic carbocycles. The number of rotatable bonds is 6. The summed E-state index contributed by atoms with van der Waals surface area (Å²) in [5.74, 6) is 1.13. The van der Waals surface area contributed by atoms with Crippen LogP contribution in [0.25, 0.3) is 11.3 Å². The van der Waals surface area contributed by atoms with Crippen LogP contribution in [0.15, 0.2) is 35.1 Å². The van der Waals surface area contributed by atoms with E-state index in [4.69, 9.17) is 4.74 Å². The van der Waals surface area contributed by atoms with Crippen LogP contribution in [0.3, 0.4) is 0 Å². The Labute approximate surface area is 130 Å². The summed E-state index contributed by atoms with van der Waals surface area (Å²) in [6.07, 6.45) is 0. The first-order valence-corrected chi connectivity index (χ1v) is 7.45. The van der Waals surface area contributed by atoms with Gasteiger partial charge >= 0.3 is 0 Å². The van der Waals surface area contributed by atoms with Crippen LogP contribution in [-0.2, 0) is 13.1 Å². The third-order valence-electron chi connectivity index (χ3n) is 3.32. The second-order valence-electron chi connectivity index (χ2n) is 5.70. The standard InChI is InChI=1S/C17H23N3O2/c1-12(2)11-20-17(21)14(10-18-3)9-16(19-20)13-6-5-7-15(8-13)22-4/h5-9,12,18H,10-11H2,1-4H3. The number of hydrogen-bond acceptors (Lipinski definition) is 4. The normalized spacial score (nSPS) is 11.0. The van der Waals surface area contributed by atoms with Gasteiger partial charge in [-0.05, 0) is 31.2 Å². The summed E-state index contributed by atoms with van der Waals surface area (Å²) in [6.45, 7) is 5.28. The molecule has 0 aliphatic rings. The van der Waals surface area contributed by atoms with E-state index in [1.165, 1.54) is 0 Å². The first-order valence-electron chi connectivity index (χ1n) is 7.45. The molecular weight excluding hydrogens is 278 g/mol. The predicted octanol–water partition coefficient (Wildman–Crippen LogP) is 2.29. The van der Waals surface area contributed by atoms with Crippen molar-refractivity contribution < 1.29 is 4.74 Å². The molecule has 0 saturated carbocycles. The molecule has 2 rings (SSSR count).